The van der Waals surface area contributed by atoms with Crippen molar-refractivity contribution in [3.8, 4) is 22.3 Å². The third kappa shape index (κ3) is 3.32. The van der Waals surface area contributed by atoms with Crippen LogP contribution in [0.4, 0.5) is 0 Å². The molecule has 0 aromatic carbocycles. The number of hydrogen-bond acceptors (Lipinski definition) is 6. The highest BCUT2D eigenvalue weighted by Crippen LogP contribution is 2.30. The average Bonchev–Trinajstić information content (AvgIpc) is 3.48. The maximum Gasteiger partial charge on any atom is 0.261 e. The highest BCUT2D eigenvalue weighted by Gasteiger charge is 2.27. The van der Waals surface area contributed by atoms with Gasteiger partial charge in [-0.05, 0) is 36.3 Å². The van der Waals surface area contributed by atoms with Gasteiger partial charge < -0.3 is 10.4 Å². The van der Waals surface area contributed by atoms with E-state index in [1.807, 2.05) is 30.9 Å². The van der Waals surface area contributed by atoms with Crippen LogP contribution >= 0.6 is 11.3 Å². The van der Waals surface area contributed by atoms with Crippen molar-refractivity contribution in [1.29, 1.82) is 0 Å². The summed E-state index contributed by atoms with van der Waals surface area (Å²) in [7, 11) is 1.87. The minimum absolute atomic E-state index is 0.143. The lowest BCUT2D eigenvalue weighted by molar-refractivity contribution is 0.0877. The molecule has 9 heteroatoms. The third-order valence-corrected chi connectivity index (χ3v) is 6.25. The molecule has 1 fully saturated rings. The van der Waals surface area contributed by atoms with Crippen molar-refractivity contribution in [3.63, 3.8) is 0 Å². The van der Waals surface area contributed by atoms with Crippen LogP contribution in [-0.2, 0) is 7.05 Å². The summed E-state index contributed by atoms with van der Waals surface area (Å²) < 4.78 is 3.49. The number of nitrogens with one attached hydrogen (secondary N) is 1. The Morgan fingerprint density at radius 1 is 1.17 bits per heavy atom. The molecular weight excluding hydrogens is 388 g/mol. The largest absolute Gasteiger partial charge is 0.391 e. The molecule has 0 bridgehead atoms. The lowest BCUT2D eigenvalue weighted by atomic mass is 10.1. The first-order chi connectivity index (χ1) is 14.1. The van der Waals surface area contributed by atoms with Crippen molar-refractivity contribution >= 4 is 22.9 Å². The van der Waals surface area contributed by atoms with Crippen LogP contribution < -0.4 is 5.32 Å². The molecular formula is C20H20N6O2S. The number of nitrogens with zero attached hydrogens (tertiary/aromatic N) is 5. The Balaban J connectivity index is 1.40. The molecule has 4 heterocycles. The van der Waals surface area contributed by atoms with E-state index >= 15 is 0 Å². The van der Waals surface area contributed by atoms with Crippen molar-refractivity contribution in [1.82, 2.24) is 29.7 Å². The fraction of sp³-hybridized carbons (Fsp3) is 0.300. The molecule has 4 aromatic heterocycles. The van der Waals surface area contributed by atoms with Crippen LogP contribution in [0.1, 0.15) is 28.9 Å². The molecule has 4 aromatic rings. The molecule has 0 saturated heterocycles. The first-order valence-corrected chi connectivity index (χ1v) is 10.4. The van der Waals surface area contributed by atoms with E-state index in [-0.39, 0.29) is 11.9 Å². The summed E-state index contributed by atoms with van der Waals surface area (Å²) >= 11 is 1.38. The number of carbonyl (C=O) groups excluding carboxylic acids is 1. The Labute approximate surface area is 170 Å². The molecule has 5 rings (SSSR count). The van der Waals surface area contributed by atoms with Crippen LogP contribution in [0, 0.1) is 0 Å². The van der Waals surface area contributed by atoms with E-state index in [4.69, 9.17) is 0 Å². The number of fused-ring (bicyclic) bond motifs is 1. The van der Waals surface area contributed by atoms with Gasteiger partial charge in [0.2, 0.25) is 0 Å². The van der Waals surface area contributed by atoms with Crippen molar-refractivity contribution in [2.45, 2.75) is 31.4 Å². The van der Waals surface area contributed by atoms with Gasteiger partial charge in [0.05, 0.1) is 29.4 Å². The van der Waals surface area contributed by atoms with Gasteiger partial charge in [0.1, 0.15) is 0 Å². The second-order valence-corrected chi connectivity index (χ2v) is 8.26. The van der Waals surface area contributed by atoms with E-state index in [9.17, 15) is 9.90 Å². The van der Waals surface area contributed by atoms with E-state index in [0.29, 0.717) is 4.88 Å². The lowest BCUT2D eigenvalue weighted by Gasteiger charge is -2.15. The number of amides is 1. The van der Waals surface area contributed by atoms with Gasteiger partial charge in [0.15, 0.2) is 5.65 Å². The molecule has 1 aliphatic carbocycles. The maximum atomic E-state index is 12.5. The molecule has 0 spiro atoms. The molecule has 2 N–H and O–H groups in total. The zero-order valence-corrected chi connectivity index (χ0v) is 16.6. The first kappa shape index (κ1) is 18.0. The van der Waals surface area contributed by atoms with E-state index in [0.717, 1.165) is 47.2 Å². The smallest absolute Gasteiger partial charge is 0.261 e. The zero-order chi connectivity index (χ0) is 20.0. The molecule has 148 valence electrons. The molecule has 0 aliphatic heterocycles. The van der Waals surface area contributed by atoms with Crippen molar-refractivity contribution in [2.24, 2.45) is 7.05 Å². The molecule has 1 amide bonds. The number of aliphatic hydroxyl groups excluding tert-OH is 1. The molecule has 1 saturated carbocycles. The normalized spacial score (nSPS) is 19.1. The van der Waals surface area contributed by atoms with Gasteiger partial charge in [0.25, 0.3) is 5.91 Å². The fourth-order valence-corrected chi connectivity index (χ4v) is 4.55. The van der Waals surface area contributed by atoms with Gasteiger partial charge in [-0.15, -0.1) is 11.3 Å². The summed E-state index contributed by atoms with van der Waals surface area (Å²) in [5.41, 5.74) is 4.42. The van der Waals surface area contributed by atoms with E-state index in [1.165, 1.54) is 11.3 Å². The highest BCUT2D eigenvalue weighted by atomic mass is 32.1. The summed E-state index contributed by atoms with van der Waals surface area (Å²) in [5, 5.41) is 23.4. The lowest BCUT2D eigenvalue weighted by Crippen LogP contribution is -2.39. The van der Waals surface area contributed by atoms with Gasteiger partial charge in [-0.3, -0.25) is 9.48 Å². The van der Waals surface area contributed by atoms with E-state index in [2.05, 4.69) is 20.5 Å². The summed E-state index contributed by atoms with van der Waals surface area (Å²) in [6.07, 6.45) is 11.3. The predicted octanol–water partition coefficient (Wildman–Crippen LogP) is 2.50. The summed E-state index contributed by atoms with van der Waals surface area (Å²) in [6, 6.07) is 1.70. The number of rotatable bonds is 4. The standard InChI is InChI=1S/C20H20N6O2S/c1-25-9-14(7-22-25)13-6-21-19-15(8-23-26(19)10-13)12-5-18(29-11-12)20(28)24-16-3-2-4-17(16)27/h5-11,16-17,27H,2-4H2,1H3,(H,24,28)/t16-,17-/m0/s1. The Morgan fingerprint density at radius 2 is 2.03 bits per heavy atom. The number of aryl methyl sites for hydroxylation is 1. The Kier molecular flexibility index (Phi) is 4.40. The monoisotopic (exact) mass is 408 g/mol. The van der Waals surface area contributed by atoms with Crippen LogP contribution in [0.3, 0.4) is 0 Å². The van der Waals surface area contributed by atoms with Crippen LogP contribution in [0.25, 0.3) is 27.9 Å². The Hall–Kier alpha value is -3.04. The Morgan fingerprint density at radius 3 is 2.79 bits per heavy atom. The molecule has 29 heavy (non-hydrogen) atoms. The van der Waals surface area contributed by atoms with Crippen LogP contribution in [-0.4, -0.2) is 47.5 Å². The van der Waals surface area contributed by atoms with Gasteiger partial charge in [0, 0.05) is 42.3 Å². The Bertz CT molecular complexity index is 1190. The second kappa shape index (κ2) is 7.09. The number of aromatic nitrogens is 5. The minimum atomic E-state index is -0.448. The quantitative estimate of drug-likeness (QED) is 0.541. The minimum Gasteiger partial charge on any atom is -0.391 e. The maximum absolute atomic E-state index is 12.5. The van der Waals surface area contributed by atoms with Gasteiger partial charge in [-0.2, -0.15) is 10.2 Å². The molecule has 0 unspecified atom stereocenters. The summed E-state index contributed by atoms with van der Waals surface area (Å²) in [4.78, 5) is 17.7. The van der Waals surface area contributed by atoms with Gasteiger partial charge in [-0.1, -0.05) is 0 Å². The number of hydrogen-bond donors (Lipinski definition) is 2. The topological polar surface area (TPSA) is 97.3 Å². The van der Waals surface area contributed by atoms with Crippen molar-refractivity contribution < 1.29 is 9.90 Å². The number of aliphatic hydroxyl groups is 1. The van der Waals surface area contributed by atoms with Gasteiger partial charge in [-0.25, -0.2) is 9.50 Å². The third-order valence-electron chi connectivity index (χ3n) is 5.32. The van der Waals surface area contributed by atoms with Gasteiger partial charge >= 0.3 is 0 Å². The number of thiophene rings is 1. The SMILES string of the molecule is Cn1cc(-c2cnc3c(-c4csc(C(=O)N[C@H]5CCC[C@@H]5O)c4)cnn3c2)cn1. The summed E-state index contributed by atoms with van der Waals surface area (Å²) in [6.45, 7) is 0. The first-order valence-electron chi connectivity index (χ1n) is 9.49. The zero-order valence-electron chi connectivity index (χ0n) is 15.8. The van der Waals surface area contributed by atoms with Crippen LogP contribution in [0.5, 0.6) is 0 Å². The summed E-state index contributed by atoms with van der Waals surface area (Å²) in [5.74, 6) is -0.143. The van der Waals surface area contributed by atoms with Crippen molar-refractivity contribution in [2.75, 3.05) is 0 Å². The van der Waals surface area contributed by atoms with E-state index in [1.54, 1.807) is 27.8 Å². The second-order valence-electron chi connectivity index (χ2n) is 7.35. The van der Waals surface area contributed by atoms with Crippen LogP contribution in [0.15, 0.2) is 42.4 Å². The average molecular weight is 408 g/mol. The van der Waals surface area contributed by atoms with Crippen LogP contribution in [0.2, 0.25) is 0 Å². The molecule has 2 atom stereocenters. The molecule has 0 radical (unpaired) electrons. The molecule has 1 aliphatic rings. The predicted molar refractivity (Wildman–Crippen MR) is 110 cm³/mol. The van der Waals surface area contributed by atoms with E-state index < -0.39 is 6.10 Å². The highest BCUT2D eigenvalue weighted by molar-refractivity contribution is 7.12. The fourth-order valence-electron chi connectivity index (χ4n) is 3.74. The number of carbonyl (C=O) groups is 1. The molecule has 8 nitrogen and oxygen atoms in total. The van der Waals surface area contributed by atoms with Crippen molar-refractivity contribution in [3.05, 3.63) is 47.3 Å².